The van der Waals surface area contributed by atoms with Crippen molar-refractivity contribution in [3.05, 3.63) is 55.8 Å². The molecule has 0 aliphatic rings. The molecule has 0 saturated heterocycles. The van der Waals surface area contributed by atoms with Gasteiger partial charge in [0, 0.05) is 6.42 Å². The van der Waals surface area contributed by atoms with E-state index in [1.807, 2.05) is 35.2 Å². The molecule has 0 radical (unpaired) electrons. The highest BCUT2D eigenvalue weighted by molar-refractivity contribution is 8.02. The summed E-state index contributed by atoms with van der Waals surface area (Å²) < 4.78 is 0. The Balaban J connectivity index is 2.08. The van der Waals surface area contributed by atoms with Crippen molar-refractivity contribution in [2.75, 3.05) is 6.26 Å². The quantitative estimate of drug-likeness (QED) is 0.581. The van der Waals surface area contributed by atoms with Crippen LogP contribution >= 0.6 is 34.4 Å². The van der Waals surface area contributed by atoms with Gasteiger partial charge >= 0.3 is 0 Å². The average molecular weight is 308 g/mol. The Bertz CT molecular complexity index is 580. The second-order valence-electron chi connectivity index (χ2n) is 3.73. The fourth-order valence-corrected chi connectivity index (χ4v) is 3.30. The molecule has 0 unspecified atom stereocenters. The van der Waals surface area contributed by atoms with E-state index < -0.39 is 0 Å². The molecule has 0 atom stereocenters. The van der Waals surface area contributed by atoms with Crippen LogP contribution in [0.15, 0.2) is 46.0 Å². The van der Waals surface area contributed by atoms with Crippen molar-refractivity contribution in [2.24, 2.45) is 0 Å². The van der Waals surface area contributed by atoms with Crippen molar-refractivity contribution < 1.29 is 9.59 Å². The van der Waals surface area contributed by atoms with Crippen molar-refractivity contribution in [2.45, 2.75) is 6.42 Å². The zero-order valence-electron chi connectivity index (χ0n) is 10.3. The Hall–Kier alpha value is -1.17. The largest absolute Gasteiger partial charge is 0.293 e. The summed E-state index contributed by atoms with van der Waals surface area (Å²) in [6, 6.07) is 7.31. The first-order valence-corrected chi connectivity index (χ1v) is 8.58. The lowest BCUT2D eigenvalue weighted by atomic mass is 10.2. The SMILES string of the molecule is CS/C(=C/C(=O)c1cccs1)CC(=O)c1cccs1. The molecule has 0 amide bonds. The summed E-state index contributed by atoms with van der Waals surface area (Å²) in [6.07, 6.45) is 3.75. The third-order valence-corrected chi connectivity index (χ3v) is 5.03. The van der Waals surface area contributed by atoms with Gasteiger partial charge in [-0.3, -0.25) is 9.59 Å². The summed E-state index contributed by atoms with van der Waals surface area (Å²) >= 11 is 4.29. The minimum absolute atomic E-state index is 0.0293. The number of rotatable bonds is 6. The Kier molecular flexibility index (Phi) is 5.13. The summed E-state index contributed by atoms with van der Waals surface area (Å²) in [5.41, 5.74) is 0. The Morgan fingerprint density at radius 1 is 1.16 bits per heavy atom. The maximum absolute atomic E-state index is 12.0. The highest BCUT2D eigenvalue weighted by Crippen LogP contribution is 2.22. The zero-order valence-corrected chi connectivity index (χ0v) is 12.7. The van der Waals surface area contributed by atoms with Crippen molar-refractivity contribution in [1.82, 2.24) is 0 Å². The van der Waals surface area contributed by atoms with Crippen molar-refractivity contribution in [3.8, 4) is 0 Å². The number of carbonyl (C=O) groups excluding carboxylic acids is 2. The summed E-state index contributed by atoms with van der Waals surface area (Å²) in [5, 5.41) is 3.75. The molecule has 0 aliphatic heterocycles. The van der Waals surface area contributed by atoms with Gasteiger partial charge in [0.15, 0.2) is 11.6 Å². The van der Waals surface area contributed by atoms with Crippen LogP contribution in [-0.4, -0.2) is 17.8 Å². The molecule has 2 nitrogen and oxygen atoms in total. The zero-order chi connectivity index (χ0) is 13.7. The summed E-state index contributed by atoms with van der Waals surface area (Å²) in [4.78, 5) is 26.2. The third-order valence-electron chi connectivity index (χ3n) is 2.45. The van der Waals surface area contributed by atoms with Crippen molar-refractivity contribution in [1.29, 1.82) is 0 Å². The molecule has 0 aliphatic carbocycles. The van der Waals surface area contributed by atoms with Crippen molar-refractivity contribution >= 4 is 46.0 Å². The van der Waals surface area contributed by atoms with Crippen LogP contribution in [0.25, 0.3) is 0 Å². The number of thioether (sulfide) groups is 1. The lowest BCUT2D eigenvalue weighted by Crippen LogP contribution is -1.99. The molecule has 2 aromatic rings. The fourth-order valence-electron chi connectivity index (χ4n) is 1.50. The normalized spacial score (nSPS) is 11.5. The first-order valence-electron chi connectivity index (χ1n) is 5.60. The molecule has 0 aromatic carbocycles. The Morgan fingerprint density at radius 2 is 1.79 bits per heavy atom. The fraction of sp³-hybridized carbons (Fsp3) is 0.143. The Morgan fingerprint density at radius 3 is 2.32 bits per heavy atom. The monoisotopic (exact) mass is 308 g/mol. The smallest absolute Gasteiger partial charge is 0.196 e. The highest BCUT2D eigenvalue weighted by Gasteiger charge is 2.12. The summed E-state index contributed by atoms with van der Waals surface area (Å²) in [6.45, 7) is 0. The lowest BCUT2D eigenvalue weighted by Gasteiger charge is -2.01. The van der Waals surface area contributed by atoms with Gasteiger partial charge in [0.25, 0.3) is 0 Å². The molecule has 0 fully saturated rings. The van der Waals surface area contributed by atoms with E-state index in [1.54, 1.807) is 12.1 Å². The number of ketones is 2. The van der Waals surface area contributed by atoms with Gasteiger partial charge in [-0.2, -0.15) is 0 Å². The van der Waals surface area contributed by atoms with E-state index in [9.17, 15) is 9.59 Å². The van der Waals surface area contributed by atoms with Crippen LogP contribution in [0.3, 0.4) is 0 Å². The molecule has 2 aromatic heterocycles. The van der Waals surface area contributed by atoms with Gasteiger partial charge in [0.05, 0.1) is 9.75 Å². The topological polar surface area (TPSA) is 34.1 Å². The Labute approximate surface area is 124 Å². The first kappa shape index (κ1) is 14.2. The van der Waals surface area contributed by atoms with Crippen LogP contribution in [0, 0.1) is 0 Å². The second kappa shape index (κ2) is 6.84. The second-order valence-corrected chi connectivity index (χ2v) is 6.56. The van der Waals surface area contributed by atoms with Gasteiger partial charge in [-0.1, -0.05) is 12.1 Å². The van der Waals surface area contributed by atoms with E-state index in [4.69, 9.17) is 0 Å². The minimum Gasteiger partial charge on any atom is -0.293 e. The van der Waals surface area contributed by atoms with E-state index in [1.165, 1.54) is 34.4 Å². The minimum atomic E-state index is -0.0293. The maximum atomic E-state index is 12.0. The molecule has 0 spiro atoms. The lowest BCUT2D eigenvalue weighted by molar-refractivity contribution is 0.0999. The van der Waals surface area contributed by atoms with Gasteiger partial charge in [0.1, 0.15) is 0 Å². The van der Waals surface area contributed by atoms with Crippen LogP contribution in [-0.2, 0) is 0 Å². The van der Waals surface area contributed by atoms with E-state index in [2.05, 4.69) is 0 Å². The molecule has 2 rings (SSSR count). The van der Waals surface area contributed by atoms with Gasteiger partial charge in [0.2, 0.25) is 0 Å². The van der Waals surface area contributed by atoms with Gasteiger partial charge in [-0.05, 0) is 40.1 Å². The number of carbonyl (C=O) groups is 2. The number of thiophene rings is 2. The number of allylic oxidation sites excluding steroid dienone is 2. The van der Waals surface area contributed by atoms with Crippen LogP contribution < -0.4 is 0 Å². The maximum Gasteiger partial charge on any atom is 0.196 e. The molecule has 98 valence electrons. The molecular weight excluding hydrogens is 296 g/mol. The predicted octanol–water partition coefficient (Wildman–Crippen LogP) is 4.51. The van der Waals surface area contributed by atoms with E-state index in [0.717, 1.165) is 9.78 Å². The number of Topliss-reactive ketones (excluding diaryl/α,β-unsaturated/α-hetero) is 1. The van der Waals surface area contributed by atoms with Crippen molar-refractivity contribution in [3.63, 3.8) is 0 Å². The van der Waals surface area contributed by atoms with Gasteiger partial charge in [-0.25, -0.2) is 0 Å². The third kappa shape index (κ3) is 3.89. The molecular formula is C14H12O2S3. The van der Waals surface area contributed by atoms with Crippen LogP contribution in [0.2, 0.25) is 0 Å². The number of hydrogen-bond acceptors (Lipinski definition) is 5. The molecule has 2 heterocycles. The standard InChI is InChI=1S/C14H12O2S3/c1-17-10(8-11(15)13-4-2-6-18-13)9-12(16)14-5-3-7-19-14/h2-8H,9H2,1H3/b10-8+. The molecule has 5 heteroatoms. The summed E-state index contributed by atoms with van der Waals surface area (Å²) in [5.74, 6) is 0.0351. The van der Waals surface area contributed by atoms with E-state index in [0.29, 0.717) is 11.3 Å². The van der Waals surface area contributed by atoms with Crippen LogP contribution in [0.5, 0.6) is 0 Å². The van der Waals surface area contributed by atoms with Gasteiger partial charge in [-0.15, -0.1) is 34.4 Å². The molecule has 0 bridgehead atoms. The molecule has 0 N–H and O–H groups in total. The molecule has 0 saturated carbocycles. The van der Waals surface area contributed by atoms with E-state index in [-0.39, 0.29) is 11.6 Å². The van der Waals surface area contributed by atoms with Gasteiger partial charge < -0.3 is 0 Å². The average Bonchev–Trinajstić information content (AvgIpc) is 3.09. The molecule has 19 heavy (non-hydrogen) atoms. The predicted molar refractivity (Wildman–Crippen MR) is 83.5 cm³/mol. The first-order chi connectivity index (χ1) is 9.20. The summed E-state index contributed by atoms with van der Waals surface area (Å²) in [7, 11) is 0. The number of hydrogen-bond donors (Lipinski definition) is 0. The van der Waals surface area contributed by atoms with Crippen LogP contribution in [0.1, 0.15) is 25.8 Å². The van der Waals surface area contributed by atoms with E-state index >= 15 is 0 Å². The van der Waals surface area contributed by atoms with Crippen LogP contribution in [0.4, 0.5) is 0 Å². The highest BCUT2D eigenvalue weighted by atomic mass is 32.2.